The summed E-state index contributed by atoms with van der Waals surface area (Å²) in [7, 11) is -1.60. The molecule has 1 amide bonds. The Labute approximate surface area is 141 Å². The van der Waals surface area contributed by atoms with Crippen molar-refractivity contribution >= 4 is 27.4 Å². The van der Waals surface area contributed by atoms with E-state index in [1.54, 1.807) is 28.9 Å². The standard InChI is InChI=1S/C16H20N4O3S/c1-3-24(22,23)19-13-7-5-4-6-12(13)16(21)17-15-10-14(11-8-9-11)20(2)18-15/h4-7,10-11,19H,3,8-9H2,1-2H3,(H,17,18,21). The number of aromatic nitrogens is 2. The Kier molecular flexibility index (Phi) is 4.31. The molecule has 1 aliphatic rings. The van der Waals surface area contributed by atoms with E-state index in [2.05, 4.69) is 15.1 Å². The molecule has 1 fully saturated rings. The highest BCUT2D eigenvalue weighted by Gasteiger charge is 2.27. The lowest BCUT2D eigenvalue weighted by atomic mass is 10.1. The fraction of sp³-hybridized carbons (Fsp3) is 0.375. The second-order valence-electron chi connectivity index (χ2n) is 5.86. The van der Waals surface area contributed by atoms with Gasteiger partial charge in [0.2, 0.25) is 10.0 Å². The summed E-state index contributed by atoms with van der Waals surface area (Å²) < 4.78 is 27.8. The molecule has 1 heterocycles. The molecule has 2 aromatic rings. The minimum absolute atomic E-state index is 0.0616. The SMILES string of the molecule is CCS(=O)(=O)Nc1ccccc1C(=O)Nc1cc(C2CC2)n(C)n1. The van der Waals surface area contributed by atoms with Gasteiger partial charge in [0.1, 0.15) is 0 Å². The smallest absolute Gasteiger partial charge is 0.258 e. The summed E-state index contributed by atoms with van der Waals surface area (Å²) in [5.74, 6) is 0.535. The van der Waals surface area contributed by atoms with E-state index in [4.69, 9.17) is 0 Å². The summed E-state index contributed by atoms with van der Waals surface area (Å²) in [6.07, 6.45) is 2.29. The average molecular weight is 348 g/mol. The molecular weight excluding hydrogens is 328 g/mol. The highest BCUT2D eigenvalue weighted by molar-refractivity contribution is 7.92. The number of amides is 1. The Morgan fingerprint density at radius 2 is 2.04 bits per heavy atom. The van der Waals surface area contributed by atoms with Crippen molar-refractivity contribution in [3.8, 4) is 0 Å². The average Bonchev–Trinajstić information content (AvgIpc) is 3.31. The van der Waals surface area contributed by atoms with Gasteiger partial charge in [-0.3, -0.25) is 14.2 Å². The predicted octanol–water partition coefficient (Wildman–Crippen LogP) is 2.31. The number of hydrogen-bond donors (Lipinski definition) is 2. The van der Waals surface area contributed by atoms with E-state index >= 15 is 0 Å². The maximum absolute atomic E-state index is 12.5. The van der Waals surface area contributed by atoms with Crippen molar-refractivity contribution in [3.63, 3.8) is 0 Å². The number of aryl methyl sites for hydroxylation is 1. The van der Waals surface area contributed by atoms with E-state index in [9.17, 15) is 13.2 Å². The van der Waals surface area contributed by atoms with Crippen LogP contribution in [0.5, 0.6) is 0 Å². The van der Waals surface area contributed by atoms with Crippen LogP contribution in [-0.4, -0.2) is 29.9 Å². The van der Waals surface area contributed by atoms with Crippen molar-refractivity contribution < 1.29 is 13.2 Å². The van der Waals surface area contributed by atoms with Crippen molar-refractivity contribution in [2.45, 2.75) is 25.7 Å². The molecule has 1 aromatic heterocycles. The molecule has 0 saturated heterocycles. The van der Waals surface area contributed by atoms with Gasteiger partial charge in [0.15, 0.2) is 5.82 Å². The minimum Gasteiger partial charge on any atom is -0.305 e. The Morgan fingerprint density at radius 3 is 2.71 bits per heavy atom. The Morgan fingerprint density at radius 1 is 1.33 bits per heavy atom. The molecule has 8 heteroatoms. The first-order valence-corrected chi connectivity index (χ1v) is 9.49. The summed E-state index contributed by atoms with van der Waals surface area (Å²) >= 11 is 0. The van der Waals surface area contributed by atoms with Gasteiger partial charge >= 0.3 is 0 Å². The molecule has 2 N–H and O–H groups in total. The van der Waals surface area contributed by atoms with Gasteiger partial charge in [-0.15, -0.1) is 0 Å². The Balaban J connectivity index is 1.81. The van der Waals surface area contributed by atoms with Crippen LogP contribution in [0.3, 0.4) is 0 Å². The third-order valence-electron chi connectivity index (χ3n) is 3.97. The zero-order valence-corrected chi connectivity index (χ0v) is 14.4. The number of carbonyl (C=O) groups excluding carboxylic acids is 1. The number of nitrogens with zero attached hydrogens (tertiary/aromatic N) is 2. The third kappa shape index (κ3) is 3.59. The molecule has 3 rings (SSSR count). The van der Waals surface area contributed by atoms with Gasteiger partial charge in [-0.25, -0.2) is 8.42 Å². The molecule has 0 spiro atoms. The van der Waals surface area contributed by atoms with E-state index in [1.165, 1.54) is 6.92 Å². The molecule has 0 atom stereocenters. The number of nitrogens with one attached hydrogen (secondary N) is 2. The second kappa shape index (κ2) is 6.27. The van der Waals surface area contributed by atoms with Crippen LogP contribution in [0.25, 0.3) is 0 Å². The number of sulfonamides is 1. The summed E-state index contributed by atoms with van der Waals surface area (Å²) in [4.78, 5) is 12.5. The van der Waals surface area contributed by atoms with Crippen LogP contribution in [0.2, 0.25) is 0 Å². The lowest BCUT2D eigenvalue weighted by Crippen LogP contribution is -2.19. The molecule has 24 heavy (non-hydrogen) atoms. The van der Waals surface area contributed by atoms with Crippen LogP contribution in [0.15, 0.2) is 30.3 Å². The van der Waals surface area contributed by atoms with Crippen LogP contribution in [-0.2, 0) is 17.1 Å². The quantitative estimate of drug-likeness (QED) is 0.838. The Bertz CT molecular complexity index is 869. The maximum Gasteiger partial charge on any atom is 0.258 e. The molecular formula is C16H20N4O3S. The van der Waals surface area contributed by atoms with Gasteiger partial charge in [-0.2, -0.15) is 5.10 Å². The second-order valence-corrected chi connectivity index (χ2v) is 7.87. The van der Waals surface area contributed by atoms with Crippen LogP contribution in [0, 0.1) is 0 Å². The van der Waals surface area contributed by atoms with Gasteiger partial charge in [0, 0.05) is 24.7 Å². The Hall–Kier alpha value is -2.35. The molecule has 128 valence electrons. The van der Waals surface area contributed by atoms with Crippen molar-refractivity contribution in [1.82, 2.24) is 9.78 Å². The largest absolute Gasteiger partial charge is 0.305 e. The van der Waals surface area contributed by atoms with Crippen molar-refractivity contribution in [2.75, 3.05) is 15.8 Å². The fourth-order valence-corrected chi connectivity index (χ4v) is 3.15. The van der Waals surface area contributed by atoms with Crippen molar-refractivity contribution in [3.05, 3.63) is 41.6 Å². The highest BCUT2D eigenvalue weighted by Crippen LogP contribution is 2.40. The van der Waals surface area contributed by atoms with E-state index in [0.29, 0.717) is 11.7 Å². The first-order valence-electron chi connectivity index (χ1n) is 7.84. The van der Waals surface area contributed by atoms with Crippen LogP contribution in [0.1, 0.15) is 41.7 Å². The number of carbonyl (C=O) groups is 1. The maximum atomic E-state index is 12.5. The molecule has 7 nitrogen and oxygen atoms in total. The number of hydrogen-bond acceptors (Lipinski definition) is 4. The van der Waals surface area contributed by atoms with Crippen molar-refractivity contribution in [1.29, 1.82) is 0 Å². The van der Waals surface area contributed by atoms with Gasteiger partial charge in [0.05, 0.1) is 17.0 Å². The van der Waals surface area contributed by atoms with Gasteiger partial charge in [0.25, 0.3) is 5.91 Å². The van der Waals surface area contributed by atoms with Crippen LogP contribution < -0.4 is 10.0 Å². The molecule has 0 unspecified atom stereocenters. The van der Waals surface area contributed by atoms with E-state index in [0.717, 1.165) is 18.5 Å². The number of anilines is 2. The van der Waals surface area contributed by atoms with Gasteiger partial charge < -0.3 is 5.32 Å². The third-order valence-corrected chi connectivity index (χ3v) is 5.26. The normalized spacial score (nSPS) is 14.4. The van der Waals surface area contributed by atoms with Crippen LogP contribution >= 0.6 is 0 Å². The molecule has 0 bridgehead atoms. The minimum atomic E-state index is -3.46. The van der Waals surface area contributed by atoms with E-state index in [-0.39, 0.29) is 17.0 Å². The number of rotatable bonds is 6. The highest BCUT2D eigenvalue weighted by atomic mass is 32.2. The lowest BCUT2D eigenvalue weighted by Gasteiger charge is -2.11. The van der Waals surface area contributed by atoms with E-state index in [1.807, 2.05) is 13.1 Å². The molecule has 1 aliphatic carbocycles. The lowest BCUT2D eigenvalue weighted by molar-refractivity contribution is 0.102. The molecule has 0 radical (unpaired) electrons. The zero-order valence-electron chi connectivity index (χ0n) is 13.6. The molecule has 0 aliphatic heterocycles. The molecule has 1 saturated carbocycles. The summed E-state index contributed by atoms with van der Waals surface area (Å²) in [5, 5.41) is 7.04. The summed E-state index contributed by atoms with van der Waals surface area (Å²) in [6, 6.07) is 8.38. The first-order chi connectivity index (χ1) is 11.4. The summed E-state index contributed by atoms with van der Waals surface area (Å²) in [5.41, 5.74) is 1.62. The topological polar surface area (TPSA) is 93.1 Å². The van der Waals surface area contributed by atoms with Gasteiger partial charge in [-0.1, -0.05) is 12.1 Å². The fourth-order valence-electron chi connectivity index (χ4n) is 2.50. The van der Waals surface area contributed by atoms with Crippen LogP contribution in [0.4, 0.5) is 11.5 Å². The van der Waals surface area contributed by atoms with Crippen molar-refractivity contribution in [2.24, 2.45) is 7.05 Å². The monoisotopic (exact) mass is 348 g/mol. The van der Waals surface area contributed by atoms with Gasteiger partial charge in [-0.05, 0) is 31.9 Å². The summed E-state index contributed by atoms with van der Waals surface area (Å²) in [6.45, 7) is 1.54. The number of para-hydroxylation sites is 1. The number of benzene rings is 1. The predicted molar refractivity (Wildman–Crippen MR) is 92.7 cm³/mol. The molecule has 1 aromatic carbocycles. The zero-order chi connectivity index (χ0) is 17.3. The van der Waals surface area contributed by atoms with E-state index < -0.39 is 15.9 Å². The first kappa shape index (κ1) is 16.5.